The summed E-state index contributed by atoms with van der Waals surface area (Å²) in [5.41, 5.74) is 0.935. The molecule has 1 saturated heterocycles. The van der Waals surface area contributed by atoms with E-state index >= 15 is 0 Å². The number of carbonyl (C=O) groups is 1. The number of nitrogens with one attached hydrogen (secondary N) is 1. The second-order valence-corrected chi connectivity index (χ2v) is 6.62. The Morgan fingerprint density at radius 3 is 2.35 bits per heavy atom. The van der Waals surface area contributed by atoms with E-state index < -0.39 is 24.3 Å². The Kier molecular flexibility index (Phi) is 4.94. The highest BCUT2D eigenvalue weighted by Crippen LogP contribution is 2.38. The van der Waals surface area contributed by atoms with Crippen LogP contribution in [-0.4, -0.2) is 48.0 Å². The average Bonchev–Trinajstić information content (AvgIpc) is 2.67. The number of hydrogen-bond acceptors (Lipinski definition) is 5. The largest absolute Gasteiger partial charge is 0.491 e. The number of nitrogens with zero attached hydrogens (tertiary/aromatic N) is 1. The number of pyridine rings is 1. The Hall–Kier alpha value is -1.70. The Labute approximate surface area is 137 Å². The molecule has 0 radical (unpaired) electrons. The van der Waals surface area contributed by atoms with E-state index in [4.69, 9.17) is 14.4 Å². The molecule has 2 N–H and O–H groups in total. The highest BCUT2D eigenvalue weighted by molar-refractivity contribution is 6.55. The van der Waals surface area contributed by atoms with Gasteiger partial charge in [0.1, 0.15) is 5.69 Å². The third-order valence-electron chi connectivity index (χ3n) is 4.29. The molecule has 6 nitrogen and oxygen atoms in total. The normalized spacial score (nSPS) is 19.9. The summed E-state index contributed by atoms with van der Waals surface area (Å²) in [5, 5.41) is 12.0. The molecule has 7 heteroatoms. The van der Waals surface area contributed by atoms with Crippen LogP contribution in [0, 0.1) is 0 Å². The SMILES string of the molecule is CNCC(=Cc1ccc(C(=O)O)nc1)B1OC(C)(C)C(C)(C)O1. The van der Waals surface area contributed by atoms with Crippen molar-refractivity contribution in [1.29, 1.82) is 0 Å². The number of likely N-dealkylation sites (N-methyl/N-ethyl adjacent to an activating group) is 1. The lowest BCUT2D eigenvalue weighted by atomic mass is 9.77. The van der Waals surface area contributed by atoms with Crippen LogP contribution in [0.5, 0.6) is 0 Å². The summed E-state index contributed by atoms with van der Waals surface area (Å²) in [7, 11) is 1.40. The second kappa shape index (κ2) is 6.43. The molecule has 0 spiro atoms. The van der Waals surface area contributed by atoms with Gasteiger partial charge in [-0.05, 0) is 51.8 Å². The maximum Gasteiger partial charge on any atom is 0.491 e. The van der Waals surface area contributed by atoms with Crippen LogP contribution in [0.15, 0.2) is 23.8 Å². The standard InChI is InChI=1S/C16H23BN2O4/c1-15(2)16(3,4)23-17(22-15)12(10-18-5)8-11-6-7-13(14(20)21)19-9-11/h6-9,18H,10H2,1-5H3,(H,20,21). The van der Waals surface area contributed by atoms with Gasteiger partial charge >= 0.3 is 13.1 Å². The lowest BCUT2D eigenvalue weighted by Crippen LogP contribution is -2.41. The molecule has 23 heavy (non-hydrogen) atoms. The van der Waals surface area contributed by atoms with Crippen molar-refractivity contribution in [1.82, 2.24) is 10.3 Å². The summed E-state index contributed by atoms with van der Waals surface area (Å²) in [4.78, 5) is 14.8. The Morgan fingerprint density at radius 2 is 1.91 bits per heavy atom. The zero-order valence-electron chi connectivity index (χ0n) is 14.2. The van der Waals surface area contributed by atoms with Crippen molar-refractivity contribution in [2.24, 2.45) is 0 Å². The van der Waals surface area contributed by atoms with E-state index in [1.165, 1.54) is 12.3 Å². The van der Waals surface area contributed by atoms with Gasteiger partial charge in [-0.2, -0.15) is 0 Å². The van der Waals surface area contributed by atoms with Crippen molar-refractivity contribution in [3.05, 3.63) is 35.1 Å². The van der Waals surface area contributed by atoms with Crippen molar-refractivity contribution >= 4 is 19.2 Å². The van der Waals surface area contributed by atoms with Crippen LogP contribution in [0.4, 0.5) is 0 Å². The highest BCUT2D eigenvalue weighted by atomic mass is 16.7. The monoisotopic (exact) mass is 318 g/mol. The fourth-order valence-corrected chi connectivity index (χ4v) is 2.23. The van der Waals surface area contributed by atoms with E-state index in [9.17, 15) is 4.79 Å². The predicted molar refractivity (Wildman–Crippen MR) is 89.2 cm³/mol. The van der Waals surface area contributed by atoms with Gasteiger partial charge in [-0.3, -0.25) is 0 Å². The smallest absolute Gasteiger partial charge is 0.477 e. The van der Waals surface area contributed by atoms with Crippen LogP contribution < -0.4 is 5.32 Å². The lowest BCUT2D eigenvalue weighted by Gasteiger charge is -2.32. The molecule has 1 aromatic rings. The van der Waals surface area contributed by atoms with E-state index in [1.807, 2.05) is 40.8 Å². The van der Waals surface area contributed by atoms with E-state index in [0.717, 1.165) is 11.0 Å². The van der Waals surface area contributed by atoms with Gasteiger partial charge in [0.25, 0.3) is 0 Å². The minimum absolute atomic E-state index is 0.0212. The molecule has 2 rings (SSSR count). The zero-order chi connectivity index (χ0) is 17.3. The first-order valence-electron chi connectivity index (χ1n) is 7.56. The molecule has 2 heterocycles. The van der Waals surface area contributed by atoms with Crippen LogP contribution in [0.1, 0.15) is 43.7 Å². The first-order chi connectivity index (χ1) is 10.7. The Bertz CT molecular complexity index is 595. The fourth-order valence-electron chi connectivity index (χ4n) is 2.23. The molecule has 0 unspecified atom stereocenters. The summed E-state index contributed by atoms with van der Waals surface area (Å²) in [6.07, 6.45) is 3.45. The van der Waals surface area contributed by atoms with Gasteiger partial charge in [0.2, 0.25) is 0 Å². The highest BCUT2D eigenvalue weighted by Gasteiger charge is 2.52. The van der Waals surface area contributed by atoms with Gasteiger partial charge in [0.05, 0.1) is 11.2 Å². The molecule has 0 bridgehead atoms. The molecule has 1 fully saturated rings. The molecule has 0 aliphatic carbocycles. The first-order valence-corrected chi connectivity index (χ1v) is 7.56. The van der Waals surface area contributed by atoms with Gasteiger partial charge in [-0.15, -0.1) is 0 Å². The molecule has 0 atom stereocenters. The van der Waals surface area contributed by atoms with Crippen LogP contribution in [0.25, 0.3) is 6.08 Å². The summed E-state index contributed by atoms with van der Waals surface area (Å²) < 4.78 is 12.1. The third kappa shape index (κ3) is 3.80. The topological polar surface area (TPSA) is 80.7 Å². The van der Waals surface area contributed by atoms with Crippen molar-refractivity contribution in [2.45, 2.75) is 38.9 Å². The van der Waals surface area contributed by atoms with E-state index in [-0.39, 0.29) is 5.69 Å². The number of carboxylic acid groups (broad SMARTS) is 1. The van der Waals surface area contributed by atoms with Crippen LogP contribution >= 0.6 is 0 Å². The molecule has 124 valence electrons. The average molecular weight is 318 g/mol. The molecule has 1 aliphatic heterocycles. The predicted octanol–water partition coefficient (Wildman–Crippen LogP) is 2.01. The minimum atomic E-state index is -1.04. The molecular formula is C16H23BN2O4. The van der Waals surface area contributed by atoms with Gasteiger partial charge in [-0.25, -0.2) is 9.78 Å². The third-order valence-corrected chi connectivity index (χ3v) is 4.29. The second-order valence-electron chi connectivity index (χ2n) is 6.62. The summed E-state index contributed by atoms with van der Waals surface area (Å²) in [6.45, 7) is 8.62. The van der Waals surface area contributed by atoms with Gasteiger partial charge in [-0.1, -0.05) is 12.1 Å². The van der Waals surface area contributed by atoms with Crippen LogP contribution in [0.3, 0.4) is 0 Å². The molecule has 1 aliphatic rings. The van der Waals surface area contributed by atoms with Crippen molar-refractivity contribution in [3.63, 3.8) is 0 Å². The van der Waals surface area contributed by atoms with Crippen LogP contribution in [0.2, 0.25) is 0 Å². The molecular weight excluding hydrogens is 295 g/mol. The van der Waals surface area contributed by atoms with Crippen molar-refractivity contribution < 1.29 is 19.2 Å². The summed E-state index contributed by atoms with van der Waals surface area (Å²) in [5.74, 6) is -1.04. The van der Waals surface area contributed by atoms with Crippen LogP contribution in [-0.2, 0) is 9.31 Å². The van der Waals surface area contributed by atoms with E-state index in [0.29, 0.717) is 6.54 Å². The van der Waals surface area contributed by atoms with Gasteiger partial charge in [0.15, 0.2) is 0 Å². The number of carboxylic acids is 1. The van der Waals surface area contributed by atoms with Gasteiger partial charge in [0, 0.05) is 12.7 Å². The fraction of sp³-hybridized carbons (Fsp3) is 0.500. The Balaban J connectivity index is 2.26. The van der Waals surface area contributed by atoms with Gasteiger partial charge < -0.3 is 19.7 Å². The molecule has 1 aromatic heterocycles. The summed E-state index contributed by atoms with van der Waals surface area (Å²) in [6, 6.07) is 3.20. The van der Waals surface area contributed by atoms with Crippen molar-refractivity contribution in [3.8, 4) is 0 Å². The number of rotatable bonds is 5. The molecule has 0 aromatic carbocycles. The quantitative estimate of drug-likeness (QED) is 0.809. The first kappa shape index (κ1) is 17.7. The number of aromatic carboxylic acids is 1. The van der Waals surface area contributed by atoms with E-state index in [2.05, 4.69) is 10.3 Å². The molecule has 0 amide bonds. The minimum Gasteiger partial charge on any atom is -0.477 e. The Morgan fingerprint density at radius 1 is 1.30 bits per heavy atom. The lowest BCUT2D eigenvalue weighted by molar-refractivity contribution is 0.00578. The van der Waals surface area contributed by atoms with Crippen molar-refractivity contribution in [2.75, 3.05) is 13.6 Å². The van der Waals surface area contributed by atoms with E-state index in [1.54, 1.807) is 6.07 Å². The number of hydrogen-bond donors (Lipinski definition) is 2. The number of aromatic nitrogens is 1. The zero-order valence-corrected chi connectivity index (χ0v) is 14.2. The summed E-state index contributed by atoms with van der Waals surface area (Å²) >= 11 is 0. The maximum atomic E-state index is 10.9. The molecule has 0 saturated carbocycles. The maximum absolute atomic E-state index is 10.9.